The number of hydrogen-bond acceptors (Lipinski definition) is 4. The fourth-order valence-electron chi connectivity index (χ4n) is 3.57. The van der Waals surface area contributed by atoms with Crippen molar-refractivity contribution in [3.63, 3.8) is 0 Å². The number of ether oxygens (including phenoxy) is 2. The zero-order valence-corrected chi connectivity index (χ0v) is 12.6. The molecule has 1 N–H and O–H groups in total. The highest BCUT2D eigenvalue weighted by Crippen LogP contribution is 2.37. The van der Waals surface area contributed by atoms with E-state index >= 15 is 0 Å². The molecule has 1 aliphatic heterocycles. The van der Waals surface area contributed by atoms with E-state index in [1.807, 2.05) is 7.05 Å². The van der Waals surface area contributed by atoms with Gasteiger partial charge < -0.3 is 14.8 Å². The molecule has 1 aliphatic carbocycles. The molecular formula is C16H24N2O2. The van der Waals surface area contributed by atoms with Gasteiger partial charge in [0.15, 0.2) is 0 Å². The van der Waals surface area contributed by atoms with Crippen molar-refractivity contribution in [2.45, 2.75) is 31.0 Å². The summed E-state index contributed by atoms with van der Waals surface area (Å²) in [6.07, 6.45) is 2.24. The van der Waals surface area contributed by atoms with Gasteiger partial charge in [-0.15, -0.1) is 0 Å². The Hall–Kier alpha value is -1.10. The number of methoxy groups -OCH3 is 1. The monoisotopic (exact) mass is 276 g/mol. The number of nitrogens with one attached hydrogen (secondary N) is 1. The normalized spacial score (nSPS) is 28.9. The average Bonchev–Trinajstić information content (AvgIpc) is 3.12. The summed E-state index contributed by atoms with van der Waals surface area (Å²) >= 11 is 0. The first-order valence-corrected chi connectivity index (χ1v) is 7.38. The van der Waals surface area contributed by atoms with Gasteiger partial charge in [0.25, 0.3) is 0 Å². The van der Waals surface area contributed by atoms with E-state index in [0.29, 0.717) is 18.1 Å². The van der Waals surface area contributed by atoms with Crippen LogP contribution in [0, 0.1) is 0 Å². The van der Waals surface area contributed by atoms with Crippen molar-refractivity contribution in [1.29, 1.82) is 0 Å². The molecule has 20 heavy (non-hydrogen) atoms. The van der Waals surface area contributed by atoms with Crippen LogP contribution < -0.4 is 10.1 Å². The van der Waals surface area contributed by atoms with Crippen LogP contribution in [0.25, 0.3) is 0 Å². The summed E-state index contributed by atoms with van der Waals surface area (Å²) in [6.45, 7) is 1.76. The molecule has 3 atom stereocenters. The van der Waals surface area contributed by atoms with E-state index in [9.17, 15) is 0 Å². The number of rotatable bonds is 4. The molecule has 3 unspecified atom stereocenters. The van der Waals surface area contributed by atoms with Gasteiger partial charge in [0, 0.05) is 24.7 Å². The summed E-state index contributed by atoms with van der Waals surface area (Å²) in [5.74, 6) is 0.941. The van der Waals surface area contributed by atoms with Gasteiger partial charge in [0.1, 0.15) is 5.75 Å². The predicted octanol–water partition coefficient (Wildman–Crippen LogP) is 1.60. The molecule has 0 saturated carbocycles. The molecule has 1 saturated heterocycles. The van der Waals surface area contributed by atoms with Crippen LogP contribution in [-0.4, -0.2) is 51.4 Å². The Morgan fingerprint density at radius 1 is 1.40 bits per heavy atom. The minimum Gasteiger partial charge on any atom is -0.497 e. The van der Waals surface area contributed by atoms with E-state index in [1.165, 1.54) is 11.1 Å². The zero-order valence-electron chi connectivity index (χ0n) is 12.6. The number of likely N-dealkylation sites (N-methyl/N-ethyl adjacent to an activating group) is 2. The van der Waals surface area contributed by atoms with Crippen molar-refractivity contribution >= 4 is 0 Å². The maximum atomic E-state index is 5.54. The standard InChI is InChI=1S/C16H24N2O2/c1-17-16-14-9-13(19-3)5-4-11(14)8-15(16)18(2)12-6-7-20-10-12/h4-5,9,12,15-17H,6-8,10H2,1-3H3. The van der Waals surface area contributed by atoms with Crippen molar-refractivity contribution in [2.24, 2.45) is 0 Å². The predicted molar refractivity (Wildman–Crippen MR) is 79.3 cm³/mol. The van der Waals surface area contributed by atoms with Crippen molar-refractivity contribution < 1.29 is 9.47 Å². The topological polar surface area (TPSA) is 33.7 Å². The summed E-state index contributed by atoms with van der Waals surface area (Å²) in [5, 5.41) is 3.49. The summed E-state index contributed by atoms with van der Waals surface area (Å²) in [7, 11) is 6.01. The molecule has 1 fully saturated rings. The Morgan fingerprint density at radius 2 is 2.25 bits per heavy atom. The third-order valence-electron chi connectivity index (χ3n) is 4.82. The van der Waals surface area contributed by atoms with Crippen LogP contribution in [0.5, 0.6) is 5.75 Å². The lowest BCUT2D eigenvalue weighted by atomic mass is 10.0. The Labute approximate surface area is 121 Å². The van der Waals surface area contributed by atoms with Gasteiger partial charge >= 0.3 is 0 Å². The molecule has 4 heteroatoms. The first-order chi connectivity index (χ1) is 9.74. The van der Waals surface area contributed by atoms with Crippen LogP contribution in [0.2, 0.25) is 0 Å². The quantitative estimate of drug-likeness (QED) is 0.906. The number of hydrogen-bond donors (Lipinski definition) is 1. The second-order valence-electron chi connectivity index (χ2n) is 5.79. The lowest BCUT2D eigenvalue weighted by Gasteiger charge is -2.33. The van der Waals surface area contributed by atoms with Crippen molar-refractivity contribution in [3.05, 3.63) is 29.3 Å². The van der Waals surface area contributed by atoms with Crippen LogP contribution in [0.4, 0.5) is 0 Å². The summed E-state index contributed by atoms with van der Waals surface area (Å²) in [4.78, 5) is 2.50. The molecule has 0 aromatic heterocycles. The van der Waals surface area contributed by atoms with Crippen molar-refractivity contribution in [3.8, 4) is 5.75 Å². The van der Waals surface area contributed by atoms with E-state index in [1.54, 1.807) is 7.11 Å². The largest absolute Gasteiger partial charge is 0.497 e. The summed E-state index contributed by atoms with van der Waals surface area (Å²) < 4.78 is 10.9. The highest BCUT2D eigenvalue weighted by molar-refractivity contribution is 5.42. The van der Waals surface area contributed by atoms with Gasteiger partial charge in [-0.1, -0.05) is 6.07 Å². The van der Waals surface area contributed by atoms with Gasteiger partial charge in [-0.2, -0.15) is 0 Å². The second-order valence-corrected chi connectivity index (χ2v) is 5.79. The van der Waals surface area contributed by atoms with Gasteiger partial charge in [0.05, 0.1) is 13.7 Å². The van der Waals surface area contributed by atoms with Gasteiger partial charge in [0.2, 0.25) is 0 Å². The molecule has 2 aliphatic rings. The van der Waals surface area contributed by atoms with Crippen LogP contribution in [0.15, 0.2) is 18.2 Å². The molecule has 1 aromatic carbocycles. The molecule has 1 aromatic rings. The third kappa shape index (κ3) is 2.32. The number of fused-ring (bicyclic) bond motifs is 1. The fourth-order valence-corrected chi connectivity index (χ4v) is 3.57. The van der Waals surface area contributed by atoms with E-state index in [4.69, 9.17) is 9.47 Å². The van der Waals surface area contributed by atoms with Gasteiger partial charge in [-0.3, -0.25) is 4.90 Å². The van der Waals surface area contributed by atoms with Gasteiger partial charge in [-0.25, -0.2) is 0 Å². The summed E-state index contributed by atoms with van der Waals surface area (Å²) in [6, 6.07) is 7.85. The van der Waals surface area contributed by atoms with Crippen LogP contribution >= 0.6 is 0 Å². The maximum Gasteiger partial charge on any atom is 0.119 e. The Balaban J connectivity index is 1.84. The zero-order chi connectivity index (χ0) is 14.1. The highest BCUT2D eigenvalue weighted by Gasteiger charge is 2.37. The SMILES string of the molecule is CNC1c2cc(OC)ccc2CC1N(C)C1CCOC1. The number of nitrogens with zero attached hydrogens (tertiary/aromatic N) is 1. The minimum absolute atomic E-state index is 0.366. The molecule has 3 rings (SSSR count). The Kier molecular flexibility index (Phi) is 3.96. The fraction of sp³-hybridized carbons (Fsp3) is 0.625. The second kappa shape index (κ2) is 5.72. The molecule has 0 radical (unpaired) electrons. The van der Waals surface area contributed by atoms with E-state index < -0.39 is 0 Å². The molecule has 0 amide bonds. The highest BCUT2D eigenvalue weighted by atomic mass is 16.5. The first-order valence-electron chi connectivity index (χ1n) is 7.38. The average molecular weight is 276 g/mol. The Morgan fingerprint density at radius 3 is 2.90 bits per heavy atom. The lowest BCUT2D eigenvalue weighted by molar-refractivity contribution is 0.120. The minimum atomic E-state index is 0.366. The molecule has 1 heterocycles. The lowest BCUT2D eigenvalue weighted by Crippen LogP contribution is -2.45. The molecular weight excluding hydrogens is 252 g/mol. The molecule has 110 valence electrons. The van der Waals surface area contributed by atoms with E-state index in [0.717, 1.165) is 31.8 Å². The van der Waals surface area contributed by atoms with E-state index in [2.05, 4.69) is 35.5 Å². The van der Waals surface area contributed by atoms with E-state index in [-0.39, 0.29) is 0 Å². The smallest absolute Gasteiger partial charge is 0.119 e. The number of benzene rings is 1. The van der Waals surface area contributed by atoms with Crippen LogP contribution in [-0.2, 0) is 11.2 Å². The summed E-state index contributed by atoms with van der Waals surface area (Å²) in [5.41, 5.74) is 2.81. The van der Waals surface area contributed by atoms with Crippen molar-refractivity contribution in [2.75, 3.05) is 34.4 Å². The van der Waals surface area contributed by atoms with Crippen LogP contribution in [0.1, 0.15) is 23.6 Å². The maximum absolute atomic E-state index is 5.54. The molecule has 4 nitrogen and oxygen atoms in total. The Bertz CT molecular complexity index is 472. The van der Waals surface area contributed by atoms with Crippen LogP contribution in [0.3, 0.4) is 0 Å². The first kappa shape index (κ1) is 13.9. The molecule has 0 spiro atoms. The third-order valence-corrected chi connectivity index (χ3v) is 4.82. The van der Waals surface area contributed by atoms with Gasteiger partial charge in [-0.05, 0) is 50.2 Å². The molecule has 0 bridgehead atoms. The van der Waals surface area contributed by atoms with Crippen molar-refractivity contribution in [1.82, 2.24) is 10.2 Å².